The van der Waals surface area contributed by atoms with Gasteiger partial charge in [0.15, 0.2) is 0 Å². The summed E-state index contributed by atoms with van der Waals surface area (Å²) in [5.41, 5.74) is 2.20. The maximum Gasteiger partial charge on any atom is 0.268 e. The van der Waals surface area contributed by atoms with Gasteiger partial charge in [0.2, 0.25) is 5.91 Å². The van der Waals surface area contributed by atoms with Crippen molar-refractivity contribution in [2.45, 2.75) is 31.6 Å². The van der Waals surface area contributed by atoms with Crippen LogP contribution in [0.2, 0.25) is 0 Å². The van der Waals surface area contributed by atoms with Crippen molar-refractivity contribution in [2.24, 2.45) is 0 Å². The number of hydrogen-bond acceptors (Lipinski definition) is 4. The Hall–Kier alpha value is -2.80. The zero-order valence-electron chi connectivity index (χ0n) is 15.4. The van der Waals surface area contributed by atoms with E-state index in [1.54, 1.807) is 42.6 Å². The van der Waals surface area contributed by atoms with E-state index in [2.05, 4.69) is 5.32 Å². The van der Waals surface area contributed by atoms with Gasteiger partial charge in [-0.2, -0.15) is 0 Å². The molecular formula is C20H22N2O4S. The summed E-state index contributed by atoms with van der Waals surface area (Å²) in [5, 5.41) is 13.3. The predicted octanol–water partition coefficient (Wildman–Crippen LogP) is 3.13. The van der Waals surface area contributed by atoms with Gasteiger partial charge in [-0.3, -0.25) is 4.79 Å². The van der Waals surface area contributed by atoms with Crippen molar-refractivity contribution in [1.82, 2.24) is 9.29 Å². The fourth-order valence-corrected chi connectivity index (χ4v) is 4.41. The van der Waals surface area contributed by atoms with Crippen LogP contribution in [0, 0.1) is 6.92 Å². The van der Waals surface area contributed by atoms with Gasteiger partial charge in [0.05, 0.1) is 10.4 Å². The van der Waals surface area contributed by atoms with Gasteiger partial charge < -0.3 is 10.4 Å². The number of phenolic OH excluding ortho intramolecular Hbond substituents is 1. The van der Waals surface area contributed by atoms with Gasteiger partial charge in [-0.25, -0.2) is 12.4 Å². The summed E-state index contributed by atoms with van der Waals surface area (Å²) in [6.07, 6.45) is 1.58. The zero-order chi connectivity index (χ0) is 19.8. The van der Waals surface area contributed by atoms with E-state index in [-0.39, 0.29) is 22.5 Å². The summed E-state index contributed by atoms with van der Waals surface area (Å²) in [6, 6.07) is 11.3. The monoisotopic (exact) mass is 386 g/mol. The van der Waals surface area contributed by atoms with Crippen LogP contribution in [0.4, 0.5) is 0 Å². The minimum atomic E-state index is -3.79. The fourth-order valence-electron chi connectivity index (χ4n) is 3.03. The van der Waals surface area contributed by atoms with Crippen molar-refractivity contribution >= 4 is 26.8 Å². The molecule has 1 atom stereocenters. The molecule has 0 aliphatic heterocycles. The summed E-state index contributed by atoms with van der Waals surface area (Å²) in [6.45, 7) is 5.60. The van der Waals surface area contributed by atoms with Crippen molar-refractivity contribution in [1.29, 1.82) is 0 Å². The molecule has 3 aromatic rings. The highest BCUT2D eigenvalue weighted by molar-refractivity contribution is 7.90. The van der Waals surface area contributed by atoms with Crippen LogP contribution in [0.5, 0.6) is 5.75 Å². The number of nitrogens with one attached hydrogen (secondary N) is 1. The van der Waals surface area contributed by atoms with E-state index in [1.165, 1.54) is 17.0 Å². The second-order valence-corrected chi connectivity index (χ2v) is 8.55. The van der Waals surface area contributed by atoms with Crippen LogP contribution in [0.3, 0.4) is 0 Å². The van der Waals surface area contributed by atoms with Crippen LogP contribution in [-0.4, -0.2) is 29.9 Å². The summed E-state index contributed by atoms with van der Waals surface area (Å²) < 4.78 is 27.6. The standard InChI is InChI=1S/C20H22N2O4S/c1-13-4-7-17(8-5-13)27(25,26)22-12-19(14(2)11-21-15(3)23)18-10-16(24)6-9-20(18)22/h4-10,12,14,24H,11H2,1-3H3,(H,21,23)/t14-/m0/s1. The SMILES string of the molecule is CC(=O)NC[C@H](C)c1cn(S(=O)(=O)c2ccc(C)cc2)c2ccc(O)cc12. The van der Waals surface area contributed by atoms with E-state index >= 15 is 0 Å². The Morgan fingerprint density at radius 2 is 1.85 bits per heavy atom. The number of aromatic nitrogens is 1. The van der Waals surface area contributed by atoms with E-state index in [0.717, 1.165) is 11.1 Å². The molecule has 0 radical (unpaired) electrons. The van der Waals surface area contributed by atoms with E-state index in [4.69, 9.17) is 0 Å². The smallest absolute Gasteiger partial charge is 0.268 e. The molecule has 0 aliphatic rings. The molecule has 0 saturated carbocycles. The first-order valence-corrected chi connectivity index (χ1v) is 10.0. The fraction of sp³-hybridized carbons (Fsp3) is 0.250. The van der Waals surface area contributed by atoms with Crippen LogP contribution < -0.4 is 5.32 Å². The molecule has 1 amide bonds. The van der Waals surface area contributed by atoms with E-state index in [0.29, 0.717) is 17.4 Å². The molecule has 0 bridgehead atoms. The Bertz CT molecular complexity index is 1100. The van der Waals surface area contributed by atoms with Gasteiger partial charge in [0.1, 0.15) is 5.75 Å². The quantitative estimate of drug-likeness (QED) is 0.705. The predicted molar refractivity (Wildman–Crippen MR) is 104 cm³/mol. The number of amides is 1. The van der Waals surface area contributed by atoms with Crippen LogP contribution in [0.15, 0.2) is 53.6 Å². The number of fused-ring (bicyclic) bond motifs is 1. The summed E-state index contributed by atoms with van der Waals surface area (Å²) >= 11 is 0. The van der Waals surface area contributed by atoms with Gasteiger partial charge in [-0.15, -0.1) is 0 Å². The number of phenols is 1. The maximum absolute atomic E-state index is 13.2. The Morgan fingerprint density at radius 1 is 1.19 bits per heavy atom. The minimum absolute atomic E-state index is 0.0564. The number of hydrogen-bond donors (Lipinski definition) is 2. The third kappa shape index (κ3) is 3.68. The lowest BCUT2D eigenvalue weighted by atomic mass is 10.0. The average Bonchev–Trinajstić information content (AvgIpc) is 2.99. The number of carbonyl (C=O) groups excluding carboxylic acids is 1. The van der Waals surface area contributed by atoms with Crippen molar-refractivity contribution in [2.75, 3.05) is 6.54 Å². The maximum atomic E-state index is 13.2. The second kappa shape index (κ2) is 7.08. The second-order valence-electron chi connectivity index (χ2n) is 6.74. The Kier molecular flexibility index (Phi) is 4.97. The molecule has 7 heteroatoms. The first-order chi connectivity index (χ1) is 12.7. The van der Waals surface area contributed by atoms with Crippen LogP contribution in [0.25, 0.3) is 10.9 Å². The van der Waals surface area contributed by atoms with E-state index in [1.807, 2.05) is 13.8 Å². The number of benzene rings is 2. The lowest BCUT2D eigenvalue weighted by Crippen LogP contribution is -2.24. The molecule has 0 spiro atoms. The van der Waals surface area contributed by atoms with Crippen LogP contribution in [0.1, 0.15) is 30.9 Å². The molecule has 6 nitrogen and oxygen atoms in total. The van der Waals surface area contributed by atoms with Gasteiger partial charge in [-0.1, -0.05) is 24.6 Å². The normalized spacial score (nSPS) is 12.9. The molecule has 2 N–H and O–H groups in total. The molecular weight excluding hydrogens is 364 g/mol. The van der Waals surface area contributed by atoms with E-state index < -0.39 is 10.0 Å². The Balaban J connectivity index is 2.16. The zero-order valence-corrected chi connectivity index (χ0v) is 16.2. The van der Waals surface area contributed by atoms with Crippen LogP contribution in [-0.2, 0) is 14.8 Å². The summed E-state index contributed by atoms with van der Waals surface area (Å²) in [7, 11) is -3.79. The highest BCUT2D eigenvalue weighted by Gasteiger charge is 2.23. The molecule has 3 rings (SSSR count). The van der Waals surface area contributed by atoms with Crippen molar-refractivity contribution < 1.29 is 18.3 Å². The van der Waals surface area contributed by atoms with E-state index in [9.17, 15) is 18.3 Å². The molecule has 0 saturated heterocycles. The molecule has 0 unspecified atom stereocenters. The highest BCUT2D eigenvalue weighted by atomic mass is 32.2. The van der Waals surface area contributed by atoms with Gasteiger partial charge in [0.25, 0.3) is 10.0 Å². The van der Waals surface area contributed by atoms with Crippen molar-refractivity contribution in [3.63, 3.8) is 0 Å². The lowest BCUT2D eigenvalue weighted by Gasteiger charge is -2.11. The number of aryl methyl sites for hydroxylation is 1. The first-order valence-electron chi connectivity index (χ1n) is 8.61. The third-order valence-electron chi connectivity index (χ3n) is 4.55. The molecule has 142 valence electrons. The van der Waals surface area contributed by atoms with Crippen molar-refractivity contribution in [3.05, 3.63) is 59.8 Å². The highest BCUT2D eigenvalue weighted by Crippen LogP contribution is 2.32. The molecule has 27 heavy (non-hydrogen) atoms. The number of rotatable bonds is 5. The van der Waals surface area contributed by atoms with Gasteiger partial charge in [0, 0.05) is 31.0 Å². The number of nitrogens with zero attached hydrogens (tertiary/aromatic N) is 1. The number of carbonyl (C=O) groups is 1. The average molecular weight is 386 g/mol. The summed E-state index contributed by atoms with van der Waals surface area (Å²) in [4.78, 5) is 11.4. The van der Waals surface area contributed by atoms with Crippen LogP contribution >= 0.6 is 0 Å². The largest absolute Gasteiger partial charge is 0.508 e. The topological polar surface area (TPSA) is 88.4 Å². The van der Waals surface area contributed by atoms with Crippen molar-refractivity contribution in [3.8, 4) is 5.75 Å². The van der Waals surface area contributed by atoms with Gasteiger partial charge in [-0.05, 0) is 42.8 Å². The molecule has 0 aliphatic carbocycles. The Morgan fingerprint density at radius 3 is 2.48 bits per heavy atom. The Labute approximate surface area is 158 Å². The molecule has 1 heterocycles. The minimum Gasteiger partial charge on any atom is -0.508 e. The van der Waals surface area contributed by atoms with Gasteiger partial charge >= 0.3 is 0 Å². The number of aromatic hydroxyl groups is 1. The molecule has 1 aromatic heterocycles. The molecule has 0 fully saturated rings. The summed E-state index contributed by atoms with van der Waals surface area (Å²) in [5.74, 6) is -0.227. The lowest BCUT2D eigenvalue weighted by molar-refractivity contribution is -0.119. The third-order valence-corrected chi connectivity index (χ3v) is 6.24. The first kappa shape index (κ1) is 19.0. The molecule has 2 aromatic carbocycles.